The molecule has 0 unspecified atom stereocenters. The molecule has 0 aromatic heterocycles. The third-order valence-corrected chi connectivity index (χ3v) is 5.13. The predicted molar refractivity (Wildman–Crippen MR) is 72.6 cm³/mol. The second-order valence-electron chi connectivity index (χ2n) is 5.94. The SMILES string of the molecule is COC(=O)C(CC1=C[C@@H]2C=C[C@H]1[C@H]1CC[C@@H]21)C(=O)OC. The van der Waals surface area contributed by atoms with Crippen molar-refractivity contribution in [2.45, 2.75) is 19.3 Å². The van der Waals surface area contributed by atoms with Crippen molar-refractivity contribution < 1.29 is 19.1 Å². The standard InChI is InChI=1S/C16H20O4/c1-19-15(17)14(16(18)20-2)8-10-7-9-3-4-12(10)13-6-5-11(9)13/h3-4,7,9,11-14H,5-6,8H2,1-2H3/t9-,11-,12+,13-/m0/s1. The average Bonchev–Trinajstić information content (AvgIpc) is 2.43. The maximum Gasteiger partial charge on any atom is 0.320 e. The molecule has 0 aromatic carbocycles. The van der Waals surface area contributed by atoms with E-state index in [0.29, 0.717) is 24.2 Å². The van der Waals surface area contributed by atoms with Crippen molar-refractivity contribution in [1.29, 1.82) is 0 Å². The van der Waals surface area contributed by atoms with Crippen LogP contribution in [-0.2, 0) is 19.1 Å². The van der Waals surface area contributed by atoms with Gasteiger partial charge in [0.1, 0.15) is 0 Å². The molecule has 0 N–H and O–H groups in total. The van der Waals surface area contributed by atoms with E-state index in [9.17, 15) is 9.59 Å². The van der Waals surface area contributed by atoms with Crippen LogP contribution in [-0.4, -0.2) is 26.2 Å². The predicted octanol–water partition coefficient (Wildman–Crippen LogP) is 2.11. The highest BCUT2D eigenvalue weighted by molar-refractivity contribution is 5.95. The van der Waals surface area contributed by atoms with Gasteiger partial charge in [0.25, 0.3) is 0 Å². The molecule has 4 atom stereocenters. The molecule has 4 nitrogen and oxygen atoms in total. The number of ether oxygens (including phenoxy) is 2. The van der Waals surface area contributed by atoms with Gasteiger partial charge in [-0.1, -0.05) is 23.8 Å². The van der Waals surface area contributed by atoms with E-state index in [1.54, 1.807) is 0 Å². The quantitative estimate of drug-likeness (QED) is 0.448. The summed E-state index contributed by atoms with van der Waals surface area (Å²) in [6, 6.07) is 0. The van der Waals surface area contributed by atoms with Gasteiger partial charge in [-0.15, -0.1) is 0 Å². The molecule has 0 aromatic rings. The smallest absolute Gasteiger partial charge is 0.320 e. The molecule has 4 aliphatic carbocycles. The lowest BCUT2D eigenvalue weighted by Gasteiger charge is -2.51. The largest absolute Gasteiger partial charge is 0.468 e. The van der Waals surface area contributed by atoms with Gasteiger partial charge in [-0.05, 0) is 37.0 Å². The molecule has 0 saturated heterocycles. The summed E-state index contributed by atoms with van der Waals surface area (Å²) >= 11 is 0. The summed E-state index contributed by atoms with van der Waals surface area (Å²) in [4.78, 5) is 23.6. The Bertz CT molecular complexity index is 475. The number of carbonyl (C=O) groups excluding carboxylic acids is 2. The van der Waals surface area contributed by atoms with Crippen LogP contribution in [0.1, 0.15) is 19.3 Å². The fourth-order valence-corrected chi connectivity index (χ4v) is 3.93. The fourth-order valence-electron chi connectivity index (χ4n) is 3.93. The molecule has 4 rings (SSSR count). The van der Waals surface area contributed by atoms with Gasteiger partial charge in [0.15, 0.2) is 5.92 Å². The summed E-state index contributed by atoms with van der Waals surface area (Å²) in [5.74, 6) is 0.536. The topological polar surface area (TPSA) is 52.6 Å². The monoisotopic (exact) mass is 276 g/mol. The van der Waals surface area contributed by atoms with Crippen LogP contribution >= 0.6 is 0 Å². The zero-order valence-corrected chi connectivity index (χ0v) is 11.9. The normalized spacial score (nSPS) is 33.2. The van der Waals surface area contributed by atoms with Gasteiger partial charge in [-0.2, -0.15) is 0 Å². The number of esters is 2. The number of hydrogen-bond donors (Lipinski definition) is 0. The molecule has 1 fully saturated rings. The lowest BCUT2D eigenvalue weighted by atomic mass is 9.53. The molecule has 4 aliphatic rings. The second-order valence-corrected chi connectivity index (χ2v) is 5.94. The van der Waals surface area contributed by atoms with Crippen LogP contribution in [0.2, 0.25) is 0 Å². The molecular formula is C16H20O4. The highest BCUT2D eigenvalue weighted by atomic mass is 16.5. The van der Waals surface area contributed by atoms with Crippen LogP contribution in [0.5, 0.6) is 0 Å². The molecule has 4 heteroatoms. The van der Waals surface area contributed by atoms with Crippen LogP contribution in [0.15, 0.2) is 23.8 Å². The Morgan fingerprint density at radius 3 is 2.30 bits per heavy atom. The number of rotatable bonds is 4. The van der Waals surface area contributed by atoms with Crippen LogP contribution < -0.4 is 0 Å². The third-order valence-electron chi connectivity index (χ3n) is 5.13. The minimum absolute atomic E-state index is 0.399. The maximum atomic E-state index is 11.8. The van der Waals surface area contributed by atoms with E-state index in [0.717, 1.165) is 5.92 Å². The van der Waals surface area contributed by atoms with Crippen molar-refractivity contribution in [3.05, 3.63) is 23.8 Å². The van der Waals surface area contributed by atoms with E-state index < -0.39 is 17.9 Å². The Hall–Kier alpha value is -1.58. The van der Waals surface area contributed by atoms with Gasteiger partial charge < -0.3 is 9.47 Å². The van der Waals surface area contributed by atoms with E-state index in [-0.39, 0.29) is 0 Å². The van der Waals surface area contributed by atoms with Crippen molar-refractivity contribution in [1.82, 2.24) is 0 Å². The zero-order chi connectivity index (χ0) is 14.3. The Kier molecular flexibility index (Phi) is 3.40. The molecule has 0 spiro atoms. The highest BCUT2D eigenvalue weighted by Crippen LogP contribution is 2.55. The molecule has 1 saturated carbocycles. The van der Waals surface area contributed by atoms with Gasteiger partial charge in [0.05, 0.1) is 14.2 Å². The third kappa shape index (κ3) is 1.98. The van der Waals surface area contributed by atoms with Gasteiger partial charge >= 0.3 is 11.9 Å². The first-order chi connectivity index (χ1) is 9.65. The minimum Gasteiger partial charge on any atom is -0.468 e. The molecule has 108 valence electrons. The average molecular weight is 276 g/mol. The van der Waals surface area contributed by atoms with Crippen molar-refractivity contribution in [3.63, 3.8) is 0 Å². The van der Waals surface area contributed by atoms with E-state index >= 15 is 0 Å². The number of hydrogen-bond acceptors (Lipinski definition) is 4. The molecule has 2 bridgehead atoms. The van der Waals surface area contributed by atoms with Crippen LogP contribution in [0.25, 0.3) is 0 Å². The molecule has 20 heavy (non-hydrogen) atoms. The maximum absolute atomic E-state index is 11.8. The first-order valence-electron chi connectivity index (χ1n) is 7.20. The molecule has 0 radical (unpaired) electrons. The van der Waals surface area contributed by atoms with Crippen LogP contribution in [0.4, 0.5) is 0 Å². The second kappa shape index (κ2) is 5.08. The lowest BCUT2D eigenvalue weighted by molar-refractivity contribution is -0.158. The van der Waals surface area contributed by atoms with Gasteiger partial charge in [-0.25, -0.2) is 0 Å². The molecular weight excluding hydrogens is 256 g/mol. The Morgan fingerprint density at radius 1 is 1.15 bits per heavy atom. The number of allylic oxidation sites excluding steroid dienone is 4. The van der Waals surface area contributed by atoms with Crippen molar-refractivity contribution in [2.75, 3.05) is 14.2 Å². The van der Waals surface area contributed by atoms with E-state index in [1.165, 1.54) is 32.6 Å². The van der Waals surface area contributed by atoms with Crippen LogP contribution in [0.3, 0.4) is 0 Å². The van der Waals surface area contributed by atoms with Crippen molar-refractivity contribution in [2.24, 2.45) is 29.6 Å². The lowest BCUT2D eigenvalue weighted by Crippen LogP contribution is -2.43. The van der Waals surface area contributed by atoms with Gasteiger partial charge in [0, 0.05) is 5.92 Å². The summed E-state index contributed by atoms with van der Waals surface area (Å²) in [5, 5.41) is 0. The van der Waals surface area contributed by atoms with Crippen molar-refractivity contribution in [3.8, 4) is 0 Å². The zero-order valence-electron chi connectivity index (χ0n) is 11.9. The Balaban J connectivity index is 1.78. The molecule has 0 aliphatic heterocycles. The van der Waals surface area contributed by atoms with Crippen molar-refractivity contribution >= 4 is 11.9 Å². The minimum atomic E-state index is -0.831. The number of methoxy groups -OCH3 is 2. The van der Waals surface area contributed by atoms with Gasteiger partial charge in [0.2, 0.25) is 0 Å². The summed E-state index contributed by atoms with van der Waals surface area (Å²) in [6.07, 6.45) is 9.77. The summed E-state index contributed by atoms with van der Waals surface area (Å²) in [7, 11) is 2.61. The van der Waals surface area contributed by atoms with Gasteiger partial charge in [-0.3, -0.25) is 9.59 Å². The highest BCUT2D eigenvalue weighted by Gasteiger charge is 2.47. The summed E-state index contributed by atoms with van der Waals surface area (Å²) in [5.41, 5.74) is 1.21. The van der Waals surface area contributed by atoms with Crippen LogP contribution in [0, 0.1) is 29.6 Å². The fraction of sp³-hybridized carbons (Fsp3) is 0.625. The number of carbonyl (C=O) groups is 2. The Morgan fingerprint density at radius 2 is 1.80 bits per heavy atom. The van der Waals surface area contributed by atoms with E-state index in [1.807, 2.05) is 0 Å². The molecule has 0 heterocycles. The summed E-state index contributed by atoms with van der Waals surface area (Å²) < 4.78 is 9.47. The first-order valence-corrected chi connectivity index (χ1v) is 7.20. The van der Waals surface area contributed by atoms with E-state index in [2.05, 4.69) is 18.2 Å². The van der Waals surface area contributed by atoms with E-state index in [4.69, 9.17) is 9.47 Å². The Labute approximate surface area is 118 Å². The first kappa shape index (κ1) is 13.4. The molecule has 0 amide bonds. The summed E-state index contributed by atoms with van der Waals surface area (Å²) in [6.45, 7) is 0.